The van der Waals surface area contributed by atoms with Crippen LogP contribution in [0, 0.1) is 13.8 Å². The van der Waals surface area contributed by atoms with Gasteiger partial charge in [-0.2, -0.15) is 0 Å². The van der Waals surface area contributed by atoms with Crippen LogP contribution < -0.4 is 5.32 Å². The van der Waals surface area contributed by atoms with Crippen molar-refractivity contribution >= 4 is 16.9 Å². The van der Waals surface area contributed by atoms with Crippen molar-refractivity contribution in [1.82, 2.24) is 19.9 Å². The van der Waals surface area contributed by atoms with Crippen LogP contribution in [0.5, 0.6) is 0 Å². The topological polar surface area (TPSA) is 56.8 Å². The minimum Gasteiger partial charge on any atom is -0.369 e. The molecule has 0 fully saturated rings. The number of unbranched alkanes of at least 4 members (excludes halogenated alkanes) is 1. The molecule has 5 nitrogen and oxygen atoms in total. The second-order valence-corrected chi connectivity index (χ2v) is 5.49. The van der Waals surface area contributed by atoms with Crippen LogP contribution >= 0.6 is 0 Å². The average Bonchev–Trinajstić information content (AvgIpc) is 2.83. The molecule has 0 atom stereocenters. The van der Waals surface area contributed by atoms with Crippen molar-refractivity contribution in [3.05, 3.63) is 17.6 Å². The molecule has 2 N–H and O–H groups in total. The van der Waals surface area contributed by atoms with Crippen molar-refractivity contribution in [1.29, 1.82) is 0 Å². The molecule has 0 saturated carbocycles. The maximum atomic E-state index is 4.53. The molecule has 2 aromatic rings. The van der Waals surface area contributed by atoms with Crippen molar-refractivity contribution in [2.24, 2.45) is 0 Å². The van der Waals surface area contributed by atoms with Crippen molar-refractivity contribution in [3.63, 3.8) is 0 Å². The lowest BCUT2D eigenvalue weighted by atomic mass is 10.2. The highest BCUT2D eigenvalue weighted by atomic mass is 15.1. The van der Waals surface area contributed by atoms with Crippen molar-refractivity contribution in [3.8, 4) is 0 Å². The molecule has 0 aliphatic heterocycles. The maximum Gasteiger partial charge on any atom is 0.143 e. The fourth-order valence-electron chi connectivity index (χ4n) is 2.59. The summed E-state index contributed by atoms with van der Waals surface area (Å²) in [6.45, 7) is 12.8. The Kier molecular flexibility index (Phi) is 5.56. The Hall–Kier alpha value is -1.62. The van der Waals surface area contributed by atoms with Crippen LogP contribution in [0.4, 0.5) is 5.82 Å². The van der Waals surface area contributed by atoms with Gasteiger partial charge < -0.3 is 15.2 Å². The summed E-state index contributed by atoms with van der Waals surface area (Å²) >= 11 is 0. The minimum atomic E-state index is 0.801. The first-order valence-corrected chi connectivity index (χ1v) is 7.94. The first kappa shape index (κ1) is 15.8. The number of rotatable bonds is 8. The molecule has 0 unspecified atom stereocenters. The number of aromatic nitrogens is 3. The normalized spacial score (nSPS) is 11.5. The zero-order valence-corrected chi connectivity index (χ0v) is 13.7. The quantitative estimate of drug-likeness (QED) is 0.733. The van der Waals surface area contributed by atoms with E-state index in [-0.39, 0.29) is 0 Å². The second kappa shape index (κ2) is 7.41. The van der Waals surface area contributed by atoms with Crippen molar-refractivity contribution in [2.45, 2.75) is 40.5 Å². The monoisotopic (exact) mass is 289 g/mol. The molecule has 0 amide bonds. The van der Waals surface area contributed by atoms with Crippen molar-refractivity contribution in [2.75, 3.05) is 31.5 Å². The summed E-state index contributed by atoms with van der Waals surface area (Å²) in [6, 6.07) is 2.10. The number of aromatic amines is 1. The van der Waals surface area contributed by atoms with E-state index in [0.29, 0.717) is 0 Å². The van der Waals surface area contributed by atoms with Gasteiger partial charge in [-0.1, -0.05) is 13.8 Å². The van der Waals surface area contributed by atoms with E-state index in [1.54, 1.807) is 0 Å². The van der Waals surface area contributed by atoms with Gasteiger partial charge in [-0.25, -0.2) is 9.97 Å². The summed E-state index contributed by atoms with van der Waals surface area (Å²) in [4.78, 5) is 14.7. The van der Waals surface area contributed by atoms with Gasteiger partial charge in [0.1, 0.15) is 17.3 Å². The molecule has 0 bridgehead atoms. The average molecular weight is 289 g/mol. The van der Waals surface area contributed by atoms with Gasteiger partial charge in [-0.3, -0.25) is 0 Å². The molecule has 0 spiro atoms. The summed E-state index contributed by atoms with van der Waals surface area (Å²) in [7, 11) is 0. The molecular formula is C16H27N5. The highest BCUT2D eigenvalue weighted by molar-refractivity contribution is 5.87. The summed E-state index contributed by atoms with van der Waals surface area (Å²) < 4.78 is 0. The number of nitrogens with one attached hydrogen (secondary N) is 2. The van der Waals surface area contributed by atoms with Crippen LogP contribution in [0.15, 0.2) is 6.07 Å². The largest absolute Gasteiger partial charge is 0.369 e. The minimum absolute atomic E-state index is 0.801. The maximum absolute atomic E-state index is 4.53. The standard InChI is InChI=1S/C16H27N5/c1-5-21(6-2)10-8-7-9-17-15-14-11-12(3)18-16(14)20-13(4)19-15/h11H,5-10H2,1-4H3,(H2,17,18,19,20). The Balaban J connectivity index is 1.89. The molecule has 2 aromatic heterocycles. The first-order chi connectivity index (χ1) is 10.1. The molecule has 21 heavy (non-hydrogen) atoms. The van der Waals surface area contributed by atoms with E-state index in [2.05, 4.69) is 45.1 Å². The van der Waals surface area contributed by atoms with Gasteiger partial charge in [-0.05, 0) is 52.4 Å². The Bertz CT molecular complexity index is 571. The molecule has 0 aliphatic rings. The smallest absolute Gasteiger partial charge is 0.143 e. The summed E-state index contributed by atoms with van der Waals surface area (Å²) in [5.41, 5.74) is 2.04. The Morgan fingerprint density at radius 1 is 1.14 bits per heavy atom. The third-order valence-corrected chi connectivity index (χ3v) is 3.82. The zero-order valence-electron chi connectivity index (χ0n) is 13.7. The van der Waals surface area contributed by atoms with Crippen LogP contribution in [0.2, 0.25) is 0 Å². The van der Waals surface area contributed by atoms with E-state index >= 15 is 0 Å². The third-order valence-electron chi connectivity index (χ3n) is 3.82. The third kappa shape index (κ3) is 4.17. The second-order valence-electron chi connectivity index (χ2n) is 5.49. The molecule has 5 heteroatoms. The van der Waals surface area contributed by atoms with Gasteiger partial charge in [0.05, 0.1) is 5.39 Å². The number of hydrogen-bond acceptors (Lipinski definition) is 4. The zero-order chi connectivity index (χ0) is 15.2. The highest BCUT2D eigenvalue weighted by Crippen LogP contribution is 2.21. The predicted molar refractivity (Wildman–Crippen MR) is 88.9 cm³/mol. The number of hydrogen-bond donors (Lipinski definition) is 2. The van der Waals surface area contributed by atoms with Crippen molar-refractivity contribution < 1.29 is 0 Å². The number of aryl methyl sites for hydroxylation is 2. The van der Waals surface area contributed by atoms with E-state index in [4.69, 9.17) is 0 Å². The first-order valence-electron chi connectivity index (χ1n) is 7.94. The van der Waals surface area contributed by atoms with E-state index in [1.165, 1.54) is 13.0 Å². The number of nitrogens with zero attached hydrogens (tertiary/aromatic N) is 3. The molecule has 0 saturated heterocycles. The fraction of sp³-hybridized carbons (Fsp3) is 0.625. The molecule has 2 heterocycles. The van der Waals surface area contributed by atoms with Crippen LogP contribution in [-0.4, -0.2) is 46.0 Å². The van der Waals surface area contributed by atoms with Gasteiger partial charge in [0.25, 0.3) is 0 Å². The molecular weight excluding hydrogens is 262 g/mol. The van der Waals surface area contributed by atoms with Gasteiger partial charge in [0, 0.05) is 12.2 Å². The van der Waals surface area contributed by atoms with E-state index < -0.39 is 0 Å². The van der Waals surface area contributed by atoms with Gasteiger partial charge in [-0.15, -0.1) is 0 Å². The predicted octanol–water partition coefficient (Wildman–Crippen LogP) is 3.11. The lowest BCUT2D eigenvalue weighted by Gasteiger charge is -2.17. The van der Waals surface area contributed by atoms with Crippen LogP contribution in [0.3, 0.4) is 0 Å². The lowest BCUT2D eigenvalue weighted by molar-refractivity contribution is 0.298. The highest BCUT2D eigenvalue weighted by Gasteiger charge is 2.07. The summed E-state index contributed by atoms with van der Waals surface area (Å²) in [5, 5.41) is 4.55. The Labute approximate surface area is 127 Å². The number of fused-ring (bicyclic) bond motifs is 1. The summed E-state index contributed by atoms with van der Waals surface area (Å²) in [5.74, 6) is 1.75. The molecule has 2 rings (SSSR count). The van der Waals surface area contributed by atoms with Gasteiger partial charge in [0.15, 0.2) is 0 Å². The van der Waals surface area contributed by atoms with E-state index in [1.807, 2.05) is 13.8 Å². The Morgan fingerprint density at radius 2 is 1.90 bits per heavy atom. The Morgan fingerprint density at radius 3 is 2.62 bits per heavy atom. The SMILES string of the molecule is CCN(CC)CCCCNc1nc(C)nc2[nH]c(C)cc12. The van der Waals surface area contributed by atoms with E-state index in [0.717, 1.165) is 54.4 Å². The van der Waals surface area contributed by atoms with Crippen LogP contribution in [0.1, 0.15) is 38.2 Å². The van der Waals surface area contributed by atoms with Crippen LogP contribution in [0.25, 0.3) is 11.0 Å². The van der Waals surface area contributed by atoms with Gasteiger partial charge >= 0.3 is 0 Å². The summed E-state index contributed by atoms with van der Waals surface area (Å²) in [6.07, 6.45) is 2.37. The fourth-order valence-corrected chi connectivity index (χ4v) is 2.59. The van der Waals surface area contributed by atoms with Crippen LogP contribution in [-0.2, 0) is 0 Å². The molecule has 0 radical (unpaired) electrons. The lowest BCUT2D eigenvalue weighted by Crippen LogP contribution is -2.24. The van der Waals surface area contributed by atoms with E-state index in [9.17, 15) is 0 Å². The molecule has 116 valence electrons. The molecule has 0 aromatic carbocycles. The van der Waals surface area contributed by atoms with Gasteiger partial charge in [0.2, 0.25) is 0 Å². The number of anilines is 1. The number of H-pyrrole nitrogens is 1. The molecule has 0 aliphatic carbocycles.